The molecule has 3 amide bonds. The normalized spacial score (nSPS) is 16.7. The molecule has 1 aliphatic rings. The highest BCUT2D eigenvalue weighted by Crippen LogP contribution is 2.24. The van der Waals surface area contributed by atoms with E-state index in [-0.39, 0.29) is 11.7 Å². The van der Waals surface area contributed by atoms with E-state index in [9.17, 15) is 14.0 Å². The summed E-state index contributed by atoms with van der Waals surface area (Å²) in [6.07, 6.45) is 0.509. The second-order valence-electron chi connectivity index (χ2n) is 6.68. The van der Waals surface area contributed by atoms with Gasteiger partial charge in [-0.15, -0.1) is 0 Å². The first-order valence-electron chi connectivity index (χ1n) is 8.57. The van der Waals surface area contributed by atoms with Crippen molar-refractivity contribution in [2.45, 2.75) is 33.2 Å². The summed E-state index contributed by atoms with van der Waals surface area (Å²) in [6.45, 7) is 6.00. The average Bonchev–Trinajstić information content (AvgIpc) is 2.94. The van der Waals surface area contributed by atoms with E-state index in [1.165, 1.54) is 6.07 Å². The summed E-state index contributed by atoms with van der Waals surface area (Å²) in [7, 11) is 0. The molecule has 1 unspecified atom stereocenters. The number of hydrogen-bond donors (Lipinski definition) is 2. The molecule has 2 aromatic carbocycles. The molecule has 0 aliphatic carbocycles. The maximum Gasteiger partial charge on any atom is 0.319 e. The molecule has 6 heteroatoms. The lowest BCUT2D eigenvalue weighted by molar-refractivity contribution is -0.118. The monoisotopic (exact) mass is 355 g/mol. The predicted octanol–water partition coefficient (Wildman–Crippen LogP) is 3.68. The summed E-state index contributed by atoms with van der Waals surface area (Å²) in [6, 6.07) is 9.38. The number of nitrogens with one attached hydrogen (secondary N) is 2. The highest BCUT2D eigenvalue weighted by molar-refractivity contribution is 6.02. The molecule has 0 saturated carbocycles. The molecular formula is C20H22FN3O2. The second kappa shape index (κ2) is 7.15. The van der Waals surface area contributed by atoms with Crippen LogP contribution >= 0.6 is 0 Å². The fourth-order valence-electron chi connectivity index (χ4n) is 3.05. The lowest BCUT2D eigenvalue weighted by Gasteiger charge is -2.18. The quantitative estimate of drug-likeness (QED) is 0.882. The van der Waals surface area contributed by atoms with Gasteiger partial charge in [-0.2, -0.15) is 0 Å². The fraction of sp³-hybridized carbons (Fsp3) is 0.300. The van der Waals surface area contributed by atoms with E-state index in [4.69, 9.17) is 0 Å². The van der Waals surface area contributed by atoms with Gasteiger partial charge in [0, 0.05) is 17.9 Å². The molecule has 136 valence electrons. The van der Waals surface area contributed by atoms with Gasteiger partial charge in [0.25, 0.3) is 0 Å². The Morgan fingerprint density at radius 3 is 2.62 bits per heavy atom. The molecule has 3 rings (SSSR count). The molecular weight excluding hydrogens is 333 g/mol. The van der Waals surface area contributed by atoms with Crippen molar-refractivity contribution in [3.8, 4) is 0 Å². The van der Waals surface area contributed by atoms with Gasteiger partial charge in [-0.3, -0.25) is 4.79 Å². The first-order valence-corrected chi connectivity index (χ1v) is 8.57. The highest BCUT2D eigenvalue weighted by Gasteiger charge is 2.33. The predicted molar refractivity (Wildman–Crippen MR) is 100.0 cm³/mol. The Morgan fingerprint density at radius 1 is 1.12 bits per heavy atom. The highest BCUT2D eigenvalue weighted by atomic mass is 19.1. The van der Waals surface area contributed by atoms with Crippen LogP contribution in [0.15, 0.2) is 36.4 Å². The van der Waals surface area contributed by atoms with Gasteiger partial charge in [-0.05, 0) is 68.1 Å². The van der Waals surface area contributed by atoms with Crippen molar-refractivity contribution in [1.82, 2.24) is 5.32 Å². The van der Waals surface area contributed by atoms with E-state index in [2.05, 4.69) is 10.6 Å². The van der Waals surface area contributed by atoms with Gasteiger partial charge >= 0.3 is 6.03 Å². The Bertz CT molecular complexity index is 866. The van der Waals surface area contributed by atoms with Crippen molar-refractivity contribution in [3.63, 3.8) is 0 Å². The number of rotatable bonds is 3. The molecule has 1 saturated heterocycles. The zero-order chi connectivity index (χ0) is 18.8. The smallest absolute Gasteiger partial charge is 0.319 e. The van der Waals surface area contributed by atoms with Crippen molar-refractivity contribution in [3.05, 3.63) is 58.9 Å². The molecule has 26 heavy (non-hydrogen) atoms. The Morgan fingerprint density at radius 2 is 1.88 bits per heavy atom. The van der Waals surface area contributed by atoms with Gasteiger partial charge in [-0.25, -0.2) is 9.18 Å². The molecule has 1 heterocycles. The number of benzene rings is 2. The number of halogens is 1. The number of anilines is 2. The number of urea groups is 1. The van der Waals surface area contributed by atoms with Crippen molar-refractivity contribution in [2.24, 2.45) is 0 Å². The van der Waals surface area contributed by atoms with Gasteiger partial charge in [-0.1, -0.05) is 12.1 Å². The van der Waals surface area contributed by atoms with Crippen LogP contribution in [0.4, 0.5) is 20.6 Å². The van der Waals surface area contributed by atoms with Gasteiger partial charge in [0.1, 0.15) is 11.9 Å². The van der Waals surface area contributed by atoms with Crippen LogP contribution in [0.2, 0.25) is 0 Å². The zero-order valence-corrected chi connectivity index (χ0v) is 15.1. The molecule has 0 radical (unpaired) electrons. The third-order valence-electron chi connectivity index (χ3n) is 4.61. The molecule has 5 nitrogen and oxygen atoms in total. The van der Waals surface area contributed by atoms with Crippen molar-refractivity contribution < 1.29 is 14.0 Å². The van der Waals surface area contributed by atoms with Crippen LogP contribution < -0.4 is 15.5 Å². The molecule has 0 bridgehead atoms. The molecule has 1 fully saturated rings. The van der Waals surface area contributed by atoms with E-state index in [1.807, 2.05) is 32.0 Å². The maximum atomic E-state index is 13.4. The van der Waals surface area contributed by atoms with Crippen LogP contribution in [0, 0.1) is 26.6 Å². The molecule has 0 spiro atoms. The first kappa shape index (κ1) is 17.9. The van der Waals surface area contributed by atoms with E-state index < -0.39 is 12.1 Å². The minimum atomic E-state index is -0.592. The zero-order valence-electron chi connectivity index (χ0n) is 15.1. The Kier molecular flexibility index (Phi) is 4.93. The summed E-state index contributed by atoms with van der Waals surface area (Å²) >= 11 is 0. The van der Waals surface area contributed by atoms with Gasteiger partial charge < -0.3 is 15.5 Å². The standard InChI is InChI=1S/C20H22FN3O2/c1-12-4-5-13(2)18(10-12)23-20(26)22-17-8-9-24(19(17)25)15-6-7-16(21)14(3)11-15/h4-7,10-11,17H,8-9H2,1-3H3,(H2,22,23,26). The Hall–Kier alpha value is -2.89. The number of nitrogens with zero attached hydrogens (tertiary/aromatic N) is 1. The van der Waals surface area contributed by atoms with E-state index >= 15 is 0 Å². The summed E-state index contributed by atoms with van der Waals surface area (Å²) in [5.74, 6) is -0.491. The molecule has 0 aromatic heterocycles. The maximum absolute atomic E-state index is 13.4. The summed E-state index contributed by atoms with van der Waals surface area (Å²) < 4.78 is 13.4. The SMILES string of the molecule is Cc1ccc(C)c(NC(=O)NC2CCN(c3ccc(F)c(C)c3)C2=O)c1. The number of carbonyl (C=O) groups excluding carboxylic acids is 2. The van der Waals surface area contributed by atoms with Crippen molar-refractivity contribution in [1.29, 1.82) is 0 Å². The van der Waals surface area contributed by atoms with E-state index in [0.717, 1.165) is 16.8 Å². The van der Waals surface area contributed by atoms with E-state index in [0.29, 0.717) is 24.2 Å². The van der Waals surface area contributed by atoms with Crippen molar-refractivity contribution in [2.75, 3.05) is 16.8 Å². The minimum absolute atomic E-state index is 0.188. The minimum Gasteiger partial charge on any atom is -0.326 e. The number of aryl methyl sites for hydroxylation is 3. The third kappa shape index (κ3) is 3.69. The van der Waals surface area contributed by atoms with Crippen molar-refractivity contribution >= 4 is 23.3 Å². The van der Waals surface area contributed by atoms with Crippen LogP contribution in [-0.4, -0.2) is 24.5 Å². The topological polar surface area (TPSA) is 61.4 Å². The number of amides is 3. The molecule has 1 atom stereocenters. The molecule has 2 N–H and O–H groups in total. The van der Waals surface area contributed by atoms with Gasteiger partial charge in [0.05, 0.1) is 0 Å². The van der Waals surface area contributed by atoms with Crippen LogP contribution in [0.3, 0.4) is 0 Å². The van der Waals surface area contributed by atoms with Crippen LogP contribution in [-0.2, 0) is 4.79 Å². The lowest BCUT2D eigenvalue weighted by atomic mass is 10.1. The number of hydrogen-bond acceptors (Lipinski definition) is 2. The Balaban J connectivity index is 1.65. The molecule has 1 aliphatic heterocycles. The summed E-state index contributed by atoms with van der Waals surface area (Å²) in [5, 5.41) is 5.53. The van der Waals surface area contributed by atoms with Crippen LogP contribution in [0.1, 0.15) is 23.1 Å². The fourth-order valence-corrected chi connectivity index (χ4v) is 3.05. The molecule has 2 aromatic rings. The number of carbonyl (C=O) groups is 2. The summed E-state index contributed by atoms with van der Waals surface area (Å²) in [4.78, 5) is 26.5. The second-order valence-corrected chi connectivity index (χ2v) is 6.68. The van der Waals surface area contributed by atoms with Gasteiger partial charge in [0.2, 0.25) is 5.91 Å². The average molecular weight is 355 g/mol. The third-order valence-corrected chi connectivity index (χ3v) is 4.61. The van der Waals surface area contributed by atoms with Gasteiger partial charge in [0.15, 0.2) is 0 Å². The lowest BCUT2D eigenvalue weighted by Crippen LogP contribution is -2.43. The largest absolute Gasteiger partial charge is 0.326 e. The van der Waals surface area contributed by atoms with Crippen LogP contribution in [0.25, 0.3) is 0 Å². The summed E-state index contributed by atoms with van der Waals surface area (Å²) in [5.41, 5.74) is 3.85. The van der Waals surface area contributed by atoms with Crippen LogP contribution in [0.5, 0.6) is 0 Å². The Labute approximate surface area is 152 Å². The van der Waals surface area contributed by atoms with E-state index in [1.54, 1.807) is 24.0 Å². The first-order chi connectivity index (χ1) is 12.3.